The Morgan fingerprint density at radius 1 is 1.15 bits per heavy atom. The molecule has 4 rings (SSSR count). The molecule has 1 aromatic heterocycles. The van der Waals surface area contributed by atoms with Crippen molar-refractivity contribution in [1.29, 1.82) is 0 Å². The first-order valence-electron chi connectivity index (χ1n) is 10.1. The summed E-state index contributed by atoms with van der Waals surface area (Å²) in [6, 6.07) is 4.14. The molecule has 1 fully saturated rings. The first kappa shape index (κ1) is 18.5. The van der Waals surface area contributed by atoms with Crippen LogP contribution >= 0.6 is 0 Å². The molecule has 0 amide bonds. The van der Waals surface area contributed by atoms with Gasteiger partial charge in [0.1, 0.15) is 12.3 Å². The summed E-state index contributed by atoms with van der Waals surface area (Å²) >= 11 is 0. The molecule has 5 N–H and O–H groups in total. The van der Waals surface area contributed by atoms with E-state index in [1.165, 1.54) is 0 Å². The van der Waals surface area contributed by atoms with E-state index in [1.807, 2.05) is 6.07 Å². The van der Waals surface area contributed by atoms with Crippen LogP contribution in [0.25, 0.3) is 11.0 Å². The van der Waals surface area contributed by atoms with Crippen LogP contribution in [0.3, 0.4) is 0 Å². The Hall–Kier alpha value is -1.85. The van der Waals surface area contributed by atoms with Crippen molar-refractivity contribution >= 4 is 11.0 Å². The van der Waals surface area contributed by atoms with E-state index >= 15 is 0 Å². The van der Waals surface area contributed by atoms with E-state index in [4.69, 9.17) is 4.42 Å². The van der Waals surface area contributed by atoms with Crippen molar-refractivity contribution in [2.45, 2.75) is 83.5 Å². The summed E-state index contributed by atoms with van der Waals surface area (Å²) in [6.45, 7) is 9.82. The van der Waals surface area contributed by atoms with Gasteiger partial charge in [0.25, 0.3) is 0 Å². The lowest BCUT2D eigenvalue weighted by atomic mass is 9.79. The van der Waals surface area contributed by atoms with Gasteiger partial charge in [-0.2, -0.15) is 0 Å². The van der Waals surface area contributed by atoms with E-state index in [0.29, 0.717) is 18.2 Å². The number of hydrogen-bond donors (Lipinski definition) is 3. The molecule has 146 valence electrons. The second-order valence-electron chi connectivity index (χ2n) is 9.87. The highest BCUT2D eigenvalue weighted by Gasteiger charge is 2.43. The number of aromatic hydroxyl groups is 1. The SMILES string of the molecule is CC1(C)CC([NH2+]Cc2c(O)ccc3c4c(c(=O)oc23)CCC4)CC(C)(C)[NH2+]1. The Bertz CT molecular complexity index is 927. The largest absolute Gasteiger partial charge is 0.507 e. The van der Waals surface area contributed by atoms with Gasteiger partial charge in [0.2, 0.25) is 0 Å². The van der Waals surface area contributed by atoms with E-state index in [1.54, 1.807) is 6.07 Å². The van der Waals surface area contributed by atoms with Crippen LogP contribution in [0.1, 0.15) is 63.6 Å². The van der Waals surface area contributed by atoms with Crippen LogP contribution in [0.2, 0.25) is 0 Å². The molecule has 0 radical (unpaired) electrons. The standard InChI is InChI=1S/C22H30N2O3/c1-21(2)10-13(11-22(3,4)24-21)23-12-17-18(25)9-8-15-14-6-5-7-16(14)20(26)27-19(15)17/h8-9,13,23-25H,5-7,10-12H2,1-4H3/p+2. The quantitative estimate of drug-likeness (QED) is 0.711. The van der Waals surface area contributed by atoms with Gasteiger partial charge in [-0.1, -0.05) is 0 Å². The summed E-state index contributed by atoms with van der Waals surface area (Å²) in [5.41, 5.74) is 3.47. The van der Waals surface area contributed by atoms with Gasteiger partial charge in [-0.15, -0.1) is 0 Å². The third kappa shape index (κ3) is 3.50. The summed E-state index contributed by atoms with van der Waals surface area (Å²) in [7, 11) is 0. The summed E-state index contributed by atoms with van der Waals surface area (Å²) in [4.78, 5) is 12.4. The third-order valence-electron chi connectivity index (χ3n) is 6.23. The van der Waals surface area contributed by atoms with E-state index in [2.05, 4.69) is 38.3 Å². The number of benzene rings is 1. The number of piperidine rings is 1. The zero-order valence-corrected chi connectivity index (χ0v) is 16.9. The summed E-state index contributed by atoms with van der Waals surface area (Å²) < 4.78 is 5.70. The van der Waals surface area contributed by atoms with Gasteiger partial charge in [0.15, 0.2) is 5.58 Å². The maximum Gasteiger partial charge on any atom is 0.339 e. The molecule has 0 bridgehead atoms. The predicted molar refractivity (Wildman–Crippen MR) is 105 cm³/mol. The predicted octanol–water partition coefficient (Wildman–Crippen LogP) is 1.33. The smallest absolute Gasteiger partial charge is 0.339 e. The number of hydrogen-bond acceptors (Lipinski definition) is 3. The van der Waals surface area contributed by atoms with E-state index < -0.39 is 0 Å². The fourth-order valence-electron chi connectivity index (χ4n) is 5.64. The lowest BCUT2D eigenvalue weighted by molar-refractivity contribution is -0.816. The number of phenols is 1. The van der Waals surface area contributed by atoms with Crippen molar-refractivity contribution < 1.29 is 20.2 Å². The number of phenolic OH excluding ortho intramolecular Hbond substituents is 1. The molecule has 5 nitrogen and oxygen atoms in total. The maximum atomic E-state index is 12.4. The van der Waals surface area contributed by atoms with Crippen molar-refractivity contribution in [3.8, 4) is 5.75 Å². The fraction of sp³-hybridized carbons (Fsp3) is 0.591. The van der Waals surface area contributed by atoms with Crippen LogP contribution in [0.4, 0.5) is 0 Å². The van der Waals surface area contributed by atoms with Crippen molar-refractivity contribution in [2.24, 2.45) is 0 Å². The van der Waals surface area contributed by atoms with Crippen molar-refractivity contribution in [1.82, 2.24) is 0 Å². The molecule has 0 unspecified atom stereocenters. The minimum atomic E-state index is -0.226. The first-order valence-corrected chi connectivity index (χ1v) is 10.1. The molecule has 1 aliphatic heterocycles. The Kier molecular flexibility index (Phi) is 4.35. The highest BCUT2D eigenvalue weighted by molar-refractivity contribution is 5.86. The fourth-order valence-corrected chi connectivity index (χ4v) is 5.64. The summed E-state index contributed by atoms with van der Waals surface area (Å²) in [5.74, 6) is 0.223. The monoisotopic (exact) mass is 372 g/mol. The molecule has 1 aromatic carbocycles. The topological polar surface area (TPSA) is 83.7 Å². The number of quaternary nitrogens is 2. The van der Waals surface area contributed by atoms with E-state index in [9.17, 15) is 9.90 Å². The van der Waals surface area contributed by atoms with E-state index in [-0.39, 0.29) is 22.5 Å². The second kappa shape index (κ2) is 6.35. The minimum Gasteiger partial charge on any atom is -0.507 e. The minimum absolute atomic E-state index is 0.205. The van der Waals surface area contributed by atoms with Gasteiger partial charge in [0.05, 0.1) is 35.5 Å². The Balaban J connectivity index is 1.65. The molecule has 1 saturated heterocycles. The third-order valence-corrected chi connectivity index (χ3v) is 6.23. The normalized spacial score (nSPS) is 21.5. The molecule has 27 heavy (non-hydrogen) atoms. The van der Waals surface area contributed by atoms with Crippen molar-refractivity contribution in [3.63, 3.8) is 0 Å². The average molecular weight is 373 g/mol. The van der Waals surface area contributed by atoms with Gasteiger partial charge < -0.3 is 20.2 Å². The molecule has 5 heteroatoms. The lowest BCUT2D eigenvalue weighted by Crippen LogP contribution is -3.09. The van der Waals surface area contributed by atoms with Gasteiger partial charge in [-0.3, -0.25) is 0 Å². The molecular formula is C22H32N2O3+2. The van der Waals surface area contributed by atoms with Crippen LogP contribution in [0.5, 0.6) is 5.75 Å². The van der Waals surface area contributed by atoms with Crippen LogP contribution in [-0.2, 0) is 19.4 Å². The number of nitrogens with two attached hydrogens (primary N) is 2. The molecule has 0 spiro atoms. The highest BCUT2D eigenvalue weighted by Crippen LogP contribution is 2.32. The molecule has 2 aliphatic rings. The number of rotatable bonds is 3. The lowest BCUT2D eigenvalue weighted by Gasteiger charge is -2.41. The van der Waals surface area contributed by atoms with Crippen LogP contribution < -0.4 is 16.3 Å². The number of fused-ring (bicyclic) bond motifs is 3. The van der Waals surface area contributed by atoms with Crippen LogP contribution in [-0.4, -0.2) is 22.2 Å². The highest BCUT2D eigenvalue weighted by atomic mass is 16.4. The van der Waals surface area contributed by atoms with Gasteiger partial charge in [-0.25, -0.2) is 4.79 Å². The van der Waals surface area contributed by atoms with Gasteiger partial charge in [-0.05, 0) is 64.7 Å². The number of aryl methyl sites for hydroxylation is 1. The zero-order chi connectivity index (χ0) is 19.4. The first-order chi connectivity index (χ1) is 12.7. The molecule has 2 aromatic rings. The van der Waals surface area contributed by atoms with Gasteiger partial charge >= 0.3 is 5.63 Å². The Labute approximate surface area is 160 Å². The molecule has 0 saturated carbocycles. The Morgan fingerprint density at radius 3 is 2.52 bits per heavy atom. The maximum absolute atomic E-state index is 12.4. The zero-order valence-electron chi connectivity index (χ0n) is 16.9. The van der Waals surface area contributed by atoms with Crippen LogP contribution in [0, 0.1) is 0 Å². The van der Waals surface area contributed by atoms with Gasteiger partial charge in [0, 0.05) is 10.9 Å². The molecule has 1 aliphatic carbocycles. The summed E-state index contributed by atoms with van der Waals surface area (Å²) in [6.07, 6.45) is 4.96. The Morgan fingerprint density at radius 2 is 1.81 bits per heavy atom. The van der Waals surface area contributed by atoms with Crippen LogP contribution in [0.15, 0.2) is 21.3 Å². The van der Waals surface area contributed by atoms with Crippen molar-refractivity contribution in [3.05, 3.63) is 39.2 Å². The van der Waals surface area contributed by atoms with E-state index in [0.717, 1.165) is 54.2 Å². The molecular weight excluding hydrogens is 340 g/mol. The average Bonchev–Trinajstić information content (AvgIpc) is 3.01. The molecule has 0 atom stereocenters. The second-order valence-corrected chi connectivity index (χ2v) is 9.87. The molecule has 2 heterocycles. The summed E-state index contributed by atoms with van der Waals surface area (Å²) in [5, 5.41) is 16.3. The van der Waals surface area contributed by atoms with Crippen molar-refractivity contribution in [2.75, 3.05) is 0 Å².